The predicted molar refractivity (Wildman–Crippen MR) is 78.2 cm³/mol. The molecule has 1 aromatic carbocycles. The summed E-state index contributed by atoms with van der Waals surface area (Å²) < 4.78 is 49.1. The van der Waals surface area contributed by atoms with Crippen LogP contribution in [0.5, 0.6) is 0 Å². The Morgan fingerprint density at radius 2 is 1.64 bits per heavy atom. The molecule has 1 N–H and O–H groups in total. The lowest BCUT2D eigenvalue weighted by Crippen LogP contribution is -2.28. The lowest BCUT2D eigenvalue weighted by Gasteiger charge is -2.22. The minimum absolute atomic E-state index is 0.0382. The fourth-order valence-electron chi connectivity index (χ4n) is 2.36. The average Bonchev–Trinajstić information content (AvgIpc) is 2.92. The van der Waals surface area contributed by atoms with Gasteiger partial charge < -0.3 is 14.8 Å². The summed E-state index contributed by atoms with van der Waals surface area (Å²) in [4.78, 5) is 20.0. The van der Waals surface area contributed by atoms with Crippen LogP contribution in [0.15, 0.2) is 12.1 Å². The first kappa shape index (κ1) is 18.9. The number of nitro groups is 2. The summed E-state index contributed by atoms with van der Waals surface area (Å²) in [6.07, 6.45) is -4.77. The van der Waals surface area contributed by atoms with Crippen LogP contribution in [-0.4, -0.2) is 35.4 Å². The molecule has 1 aliphatic heterocycles. The first-order valence-corrected chi connectivity index (χ1v) is 7.09. The molecule has 1 saturated heterocycles. The monoisotopic (exact) mass is 365 g/mol. The van der Waals surface area contributed by atoms with Crippen molar-refractivity contribution in [3.05, 3.63) is 37.9 Å². The zero-order chi connectivity index (χ0) is 18.8. The fraction of sp³-hybridized carbons (Fsp3) is 0.538. The van der Waals surface area contributed by atoms with E-state index in [1.54, 1.807) is 6.92 Å². The van der Waals surface area contributed by atoms with E-state index in [1.807, 2.05) is 0 Å². The number of alkyl halides is 3. The van der Waals surface area contributed by atoms with Crippen molar-refractivity contribution in [2.45, 2.75) is 25.3 Å². The Labute approximate surface area is 139 Å². The molecule has 0 saturated carbocycles. The second-order valence-corrected chi connectivity index (χ2v) is 5.41. The zero-order valence-corrected chi connectivity index (χ0v) is 13.0. The Balaban J connectivity index is 2.34. The van der Waals surface area contributed by atoms with Crippen LogP contribution in [-0.2, 0) is 15.7 Å². The molecule has 0 aliphatic carbocycles. The van der Waals surface area contributed by atoms with Crippen molar-refractivity contribution in [2.75, 3.05) is 25.1 Å². The maximum atomic E-state index is 12.8. The van der Waals surface area contributed by atoms with Crippen molar-refractivity contribution in [1.82, 2.24) is 0 Å². The van der Waals surface area contributed by atoms with Gasteiger partial charge in [-0.2, -0.15) is 13.2 Å². The van der Waals surface area contributed by atoms with E-state index in [0.717, 1.165) is 0 Å². The van der Waals surface area contributed by atoms with Crippen molar-refractivity contribution in [2.24, 2.45) is 0 Å². The van der Waals surface area contributed by atoms with Gasteiger partial charge in [0.1, 0.15) is 0 Å². The van der Waals surface area contributed by atoms with Crippen LogP contribution in [0.2, 0.25) is 0 Å². The van der Waals surface area contributed by atoms with Crippen LogP contribution in [0.4, 0.5) is 30.2 Å². The second-order valence-electron chi connectivity index (χ2n) is 5.41. The number of nitrogens with one attached hydrogen (secondary N) is 1. The number of hydrogen-bond acceptors (Lipinski definition) is 7. The minimum atomic E-state index is -4.95. The highest BCUT2D eigenvalue weighted by atomic mass is 19.4. The topological polar surface area (TPSA) is 117 Å². The van der Waals surface area contributed by atoms with E-state index >= 15 is 0 Å². The molecule has 25 heavy (non-hydrogen) atoms. The molecule has 1 fully saturated rings. The summed E-state index contributed by atoms with van der Waals surface area (Å²) in [7, 11) is 0. The van der Waals surface area contributed by atoms with Crippen molar-refractivity contribution >= 4 is 17.1 Å². The van der Waals surface area contributed by atoms with Crippen molar-refractivity contribution in [1.29, 1.82) is 0 Å². The van der Waals surface area contributed by atoms with Gasteiger partial charge in [0.2, 0.25) is 0 Å². The predicted octanol–water partition coefficient (Wildman–Crippen LogP) is 3.09. The van der Waals surface area contributed by atoms with Gasteiger partial charge in [-0.3, -0.25) is 20.2 Å². The molecule has 138 valence electrons. The van der Waals surface area contributed by atoms with Gasteiger partial charge in [0.05, 0.1) is 28.6 Å². The van der Waals surface area contributed by atoms with Crippen molar-refractivity contribution in [3.63, 3.8) is 0 Å². The molecule has 9 nitrogen and oxygen atoms in total. The van der Waals surface area contributed by atoms with E-state index in [-0.39, 0.29) is 25.1 Å². The summed E-state index contributed by atoms with van der Waals surface area (Å²) in [5.74, 6) is -0.956. The van der Waals surface area contributed by atoms with Crippen molar-refractivity contribution in [3.8, 4) is 0 Å². The lowest BCUT2D eigenvalue weighted by atomic mass is 10.1. The maximum Gasteiger partial charge on any atom is 0.416 e. The van der Waals surface area contributed by atoms with Crippen LogP contribution >= 0.6 is 0 Å². The molecule has 0 radical (unpaired) electrons. The van der Waals surface area contributed by atoms with Crippen LogP contribution < -0.4 is 5.32 Å². The quantitative estimate of drug-likeness (QED) is 0.608. The van der Waals surface area contributed by atoms with E-state index in [9.17, 15) is 33.4 Å². The number of anilines is 1. The highest BCUT2D eigenvalue weighted by Gasteiger charge is 2.38. The van der Waals surface area contributed by atoms with Gasteiger partial charge in [-0.25, -0.2) is 0 Å². The van der Waals surface area contributed by atoms with Crippen LogP contribution in [0.3, 0.4) is 0 Å². The normalized spacial score (nSPS) is 16.6. The molecule has 1 aliphatic rings. The summed E-state index contributed by atoms with van der Waals surface area (Å²) in [5, 5.41) is 24.6. The molecule has 0 bridgehead atoms. The zero-order valence-electron chi connectivity index (χ0n) is 13.0. The van der Waals surface area contributed by atoms with Crippen LogP contribution in [0.25, 0.3) is 0 Å². The standard InChI is InChI=1S/C13H14F3N3O6/c1-12(24-4-5-25-12)2-3-17-11-9(18(20)21)6-8(13(14,15)16)7-10(11)19(22)23/h6-7,17H,2-5H2,1H3. The number of nitrogens with zero attached hydrogens (tertiary/aromatic N) is 2. The summed E-state index contributed by atoms with van der Waals surface area (Å²) in [6, 6.07) is 0.527. The molecular weight excluding hydrogens is 351 g/mol. The van der Waals surface area contributed by atoms with Crippen molar-refractivity contribution < 1.29 is 32.5 Å². The number of hydrogen-bond donors (Lipinski definition) is 1. The first-order valence-electron chi connectivity index (χ1n) is 7.09. The number of nitro benzene ring substituents is 2. The fourth-order valence-corrected chi connectivity index (χ4v) is 2.36. The molecule has 1 heterocycles. The SMILES string of the molecule is CC1(CCNc2c([N+](=O)[O-])cc(C(F)(F)F)cc2[N+](=O)[O-])OCCO1. The lowest BCUT2D eigenvalue weighted by molar-refractivity contribution is -0.392. The second kappa shape index (κ2) is 6.80. The van der Waals surface area contributed by atoms with E-state index in [1.165, 1.54) is 0 Å². The average molecular weight is 365 g/mol. The third kappa shape index (κ3) is 4.33. The van der Waals surface area contributed by atoms with E-state index in [2.05, 4.69) is 5.32 Å². The van der Waals surface area contributed by atoms with E-state index < -0.39 is 44.4 Å². The molecule has 0 aromatic heterocycles. The molecule has 1 aromatic rings. The molecule has 0 atom stereocenters. The minimum Gasteiger partial charge on any atom is -0.374 e. The van der Waals surface area contributed by atoms with Gasteiger partial charge in [0, 0.05) is 25.1 Å². The third-order valence-electron chi connectivity index (χ3n) is 3.60. The van der Waals surface area contributed by atoms with Gasteiger partial charge in [0.25, 0.3) is 11.4 Å². The van der Waals surface area contributed by atoms with Crippen LogP contribution in [0.1, 0.15) is 18.9 Å². The Kier molecular flexibility index (Phi) is 5.13. The number of rotatable bonds is 6. The summed E-state index contributed by atoms with van der Waals surface area (Å²) in [6.45, 7) is 2.30. The Bertz CT molecular complexity index is 653. The molecule has 2 rings (SSSR count). The summed E-state index contributed by atoms with van der Waals surface area (Å²) in [5.41, 5.74) is -4.12. The summed E-state index contributed by atoms with van der Waals surface area (Å²) >= 11 is 0. The highest BCUT2D eigenvalue weighted by molar-refractivity contribution is 5.75. The number of benzene rings is 1. The van der Waals surface area contributed by atoms with Gasteiger partial charge in [-0.05, 0) is 6.92 Å². The smallest absolute Gasteiger partial charge is 0.374 e. The molecule has 12 heteroatoms. The largest absolute Gasteiger partial charge is 0.416 e. The van der Waals surface area contributed by atoms with Gasteiger partial charge in [0.15, 0.2) is 11.5 Å². The Morgan fingerprint density at radius 3 is 2.04 bits per heavy atom. The molecule has 0 spiro atoms. The van der Waals surface area contributed by atoms with Gasteiger partial charge in [-0.15, -0.1) is 0 Å². The first-order chi connectivity index (χ1) is 11.5. The third-order valence-corrected chi connectivity index (χ3v) is 3.60. The molecule has 0 unspecified atom stereocenters. The van der Waals surface area contributed by atoms with Crippen LogP contribution in [0, 0.1) is 20.2 Å². The van der Waals surface area contributed by atoms with E-state index in [4.69, 9.17) is 9.47 Å². The van der Waals surface area contributed by atoms with E-state index in [0.29, 0.717) is 13.2 Å². The van der Waals surface area contributed by atoms with Gasteiger partial charge in [-0.1, -0.05) is 0 Å². The molecular formula is C13H14F3N3O6. The number of ether oxygens (including phenoxy) is 2. The van der Waals surface area contributed by atoms with Gasteiger partial charge >= 0.3 is 6.18 Å². The maximum absolute atomic E-state index is 12.8. The molecule has 0 amide bonds. The highest BCUT2D eigenvalue weighted by Crippen LogP contribution is 2.41. The Morgan fingerprint density at radius 1 is 1.16 bits per heavy atom. The Hall–Kier alpha value is -2.47. The number of halogens is 3.